The van der Waals surface area contributed by atoms with Gasteiger partial charge < -0.3 is 20.1 Å². The lowest BCUT2D eigenvalue weighted by atomic mass is 9.80. The number of methoxy groups -OCH3 is 1. The average Bonchev–Trinajstić information content (AvgIpc) is 2.68. The van der Waals surface area contributed by atoms with E-state index in [1.165, 1.54) is 32.1 Å². The lowest BCUT2D eigenvalue weighted by Gasteiger charge is -2.48. The maximum Gasteiger partial charge on any atom is 0.170 e. The van der Waals surface area contributed by atoms with Crippen molar-refractivity contribution in [2.45, 2.75) is 37.6 Å². The van der Waals surface area contributed by atoms with Crippen molar-refractivity contribution in [2.75, 3.05) is 45.3 Å². The van der Waals surface area contributed by atoms with Crippen molar-refractivity contribution < 1.29 is 9.47 Å². The van der Waals surface area contributed by atoms with Crippen LogP contribution in [0.15, 0.2) is 24.3 Å². The Hall–Kier alpha value is -1.37. The van der Waals surface area contributed by atoms with Gasteiger partial charge in [0.05, 0.1) is 20.3 Å². The van der Waals surface area contributed by atoms with Gasteiger partial charge >= 0.3 is 0 Å². The summed E-state index contributed by atoms with van der Waals surface area (Å²) in [7, 11) is 1.67. The Balaban J connectivity index is 1.59. The van der Waals surface area contributed by atoms with Crippen LogP contribution in [0.4, 0.5) is 5.69 Å². The minimum atomic E-state index is 0.210. The van der Waals surface area contributed by atoms with Crippen LogP contribution in [-0.2, 0) is 4.74 Å². The van der Waals surface area contributed by atoms with Crippen LogP contribution in [0, 0.1) is 0 Å². The molecule has 0 radical (unpaired) electrons. The topological polar surface area (TPSA) is 45.8 Å². The molecule has 138 valence electrons. The van der Waals surface area contributed by atoms with Crippen molar-refractivity contribution in [3.8, 4) is 5.75 Å². The van der Waals surface area contributed by atoms with Gasteiger partial charge in [-0.2, -0.15) is 0 Å². The predicted octanol–water partition coefficient (Wildman–Crippen LogP) is 3.02. The molecule has 25 heavy (non-hydrogen) atoms. The highest BCUT2D eigenvalue weighted by atomic mass is 32.1. The number of hydrogen-bond donors (Lipinski definition) is 2. The molecule has 1 aliphatic carbocycles. The third kappa shape index (κ3) is 4.84. The second kappa shape index (κ2) is 8.83. The normalized spacial score (nSPS) is 20.7. The highest BCUT2D eigenvalue weighted by Crippen LogP contribution is 2.33. The molecule has 0 amide bonds. The van der Waals surface area contributed by atoms with Crippen LogP contribution in [-0.4, -0.2) is 55.5 Å². The number of benzene rings is 1. The molecule has 2 N–H and O–H groups in total. The third-order valence-corrected chi connectivity index (χ3v) is 5.62. The van der Waals surface area contributed by atoms with Crippen LogP contribution in [0.1, 0.15) is 32.1 Å². The number of morpholine rings is 1. The second-order valence-corrected chi connectivity index (χ2v) is 7.33. The van der Waals surface area contributed by atoms with Gasteiger partial charge in [-0.15, -0.1) is 0 Å². The first kappa shape index (κ1) is 18.4. The van der Waals surface area contributed by atoms with E-state index in [0.717, 1.165) is 44.3 Å². The van der Waals surface area contributed by atoms with Crippen molar-refractivity contribution in [1.82, 2.24) is 10.2 Å². The summed E-state index contributed by atoms with van der Waals surface area (Å²) >= 11 is 5.53. The summed E-state index contributed by atoms with van der Waals surface area (Å²) in [6, 6.07) is 7.83. The van der Waals surface area contributed by atoms with E-state index >= 15 is 0 Å². The molecule has 0 unspecified atom stereocenters. The van der Waals surface area contributed by atoms with Crippen molar-refractivity contribution >= 4 is 23.0 Å². The van der Waals surface area contributed by atoms with Crippen LogP contribution in [0.3, 0.4) is 0 Å². The zero-order valence-corrected chi connectivity index (χ0v) is 15.9. The van der Waals surface area contributed by atoms with Crippen LogP contribution in [0.2, 0.25) is 0 Å². The Bertz CT molecular complexity index is 570. The summed E-state index contributed by atoms with van der Waals surface area (Å²) in [6.07, 6.45) is 6.42. The van der Waals surface area contributed by atoms with Crippen molar-refractivity contribution in [3.05, 3.63) is 24.3 Å². The maximum atomic E-state index is 5.55. The van der Waals surface area contributed by atoms with Gasteiger partial charge in [-0.25, -0.2) is 0 Å². The molecule has 0 atom stereocenters. The summed E-state index contributed by atoms with van der Waals surface area (Å²) in [5, 5.41) is 7.42. The zero-order chi connectivity index (χ0) is 17.5. The van der Waals surface area contributed by atoms with E-state index < -0.39 is 0 Å². The molecule has 3 rings (SSSR count). The van der Waals surface area contributed by atoms with Gasteiger partial charge in [-0.05, 0) is 37.2 Å². The molecule has 1 aromatic carbocycles. The van der Waals surface area contributed by atoms with E-state index in [1.807, 2.05) is 24.3 Å². The molecular weight excluding hydrogens is 334 g/mol. The number of hydrogen-bond acceptors (Lipinski definition) is 4. The molecule has 1 saturated carbocycles. The van der Waals surface area contributed by atoms with Gasteiger partial charge in [0.1, 0.15) is 5.75 Å². The maximum absolute atomic E-state index is 5.55. The van der Waals surface area contributed by atoms with Crippen LogP contribution in [0.5, 0.6) is 5.75 Å². The summed E-state index contributed by atoms with van der Waals surface area (Å²) in [5.41, 5.74) is 1.16. The largest absolute Gasteiger partial charge is 0.497 e. The Morgan fingerprint density at radius 1 is 1.24 bits per heavy atom. The molecule has 0 bridgehead atoms. The molecule has 0 spiro atoms. The van der Waals surface area contributed by atoms with Gasteiger partial charge in [0.2, 0.25) is 0 Å². The molecule has 1 heterocycles. The van der Waals surface area contributed by atoms with E-state index in [0.29, 0.717) is 5.11 Å². The molecular formula is C19H29N3O2S. The van der Waals surface area contributed by atoms with Crippen molar-refractivity contribution in [2.24, 2.45) is 0 Å². The monoisotopic (exact) mass is 363 g/mol. The Labute approximate surface area is 156 Å². The first-order valence-corrected chi connectivity index (χ1v) is 9.64. The lowest BCUT2D eigenvalue weighted by Crippen LogP contribution is -2.60. The number of nitrogens with zero attached hydrogens (tertiary/aromatic N) is 1. The summed E-state index contributed by atoms with van der Waals surface area (Å²) in [6.45, 7) is 4.63. The highest BCUT2D eigenvalue weighted by molar-refractivity contribution is 7.80. The lowest BCUT2D eigenvalue weighted by molar-refractivity contribution is -0.0351. The van der Waals surface area contributed by atoms with Crippen molar-refractivity contribution in [3.63, 3.8) is 0 Å². The van der Waals surface area contributed by atoms with Gasteiger partial charge in [0.25, 0.3) is 0 Å². The summed E-state index contributed by atoms with van der Waals surface area (Å²) < 4.78 is 10.8. The molecule has 6 heteroatoms. The van der Waals surface area contributed by atoms with Crippen LogP contribution >= 0.6 is 12.2 Å². The van der Waals surface area contributed by atoms with Crippen LogP contribution in [0.25, 0.3) is 0 Å². The third-order valence-electron chi connectivity index (χ3n) is 5.37. The fraction of sp³-hybridized carbons (Fsp3) is 0.632. The molecule has 2 fully saturated rings. The second-order valence-electron chi connectivity index (χ2n) is 6.92. The molecule has 1 saturated heterocycles. The first-order chi connectivity index (χ1) is 12.2. The zero-order valence-electron chi connectivity index (χ0n) is 15.1. The molecule has 1 aromatic rings. The summed E-state index contributed by atoms with van der Waals surface area (Å²) in [5.74, 6) is 0.824. The standard InChI is InChI=1S/C19H29N3O2S/c1-23-17-7-5-6-16(14-17)21-18(25)20-15-19(8-3-2-4-9-19)22-10-12-24-13-11-22/h5-7,14H,2-4,8-13,15H2,1H3,(H2,20,21,25). The van der Waals surface area contributed by atoms with Gasteiger partial charge in [-0.1, -0.05) is 25.3 Å². The summed E-state index contributed by atoms with van der Waals surface area (Å²) in [4.78, 5) is 2.62. The molecule has 1 aliphatic heterocycles. The van der Waals surface area contributed by atoms with E-state index in [4.69, 9.17) is 21.7 Å². The van der Waals surface area contributed by atoms with E-state index in [1.54, 1.807) is 7.11 Å². The minimum absolute atomic E-state index is 0.210. The highest BCUT2D eigenvalue weighted by Gasteiger charge is 2.38. The predicted molar refractivity (Wildman–Crippen MR) is 105 cm³/mol. The Morgan fingerprint density at radius 2 is 2.00 bits per heavy atom. The Morgan fingerprint density at radius 3 is 2.72 bits per heavy atom. The molecule has 0 aromatic heterocycles. The smallest absolute Gasteiger partial charge is 0.170 e. The van der Waals surface area contributed by atoms with Gasteiger partial charge in [-0.3, -0.25) is 4.90 Å². The quantitative estimate of drug-likeness (QED) is 0.784. The number of rotatable bonds is 5. The first-order valence-electron chi connectivity index (χ1n) is 9.24. The van der Waals surface area contributed by atoms with Gasteiger partial charge in [0, 0.05) is 36.9 Å². The fourth-order valence-electron chi connectivity index (χ4n) is 3.97. The van der Waals surface area contributed by atoms with E-state index in [9.17, 15) is 0 Å². The van der Waals surface area contributed by atoms with Crippen molar-refractivity contribution in [1.29, 1.82) is 0 Å². The SMILES string of the molecule is COc1cccc(NC(=S)NCC2(N3CCOCC3)CCCCC2)c1. The minimum Gasteiger partial charge on any atom is -0.497 e. The number of ether oxygens (including phenoxy) is 2. The van der Waals surface area contributed by atoms with E-state index in [-0.39, 0.29) is 5.54 Å². The molecule has 5 nitrogen and oxygen atoms in total. The number of nitrogens with one attached hydrogen (secondary N) is 2. The average molecular weight is 364 g/mol. The van der Waals surface area contributed by atoms with E-state index in [2.05, 4.69) is 15.5 Å². The fourth-order valence-corrected chi connectivity index (χ4v) is 4.16. The number of thiocarbonyl (C=S) groups is 1. The Kier molecular flexibility index (Phi) is 6.51. The van der Waals surface area contributed by atoms with Gasteiger partial charge in [0.15, 0.2) is 5.11 Å². The van der Waals surface area contributed by atoms with Crippen LogP contribution < -0.4 is 15.4 Å². The molecule has 2 aliphatic rings. The number of anilines is 1.